The van der Waals surface area contributed by atoms with Crippen LogP contribution in [0.1, 0.15) is 34.1 Å². The zero-order valence-electron chi connectivity index (χ0n) is 10.2. The highest BCUT2D eigenvalue weighted by molar-refractivity contribution is 5.68. The zero-order valence-corrected chi connectivity index (χ0v) is 10.2. The van der Waals surface area contributed by atoms with Crippen molar-refractivity contribution in [3.8, 4) is 0 Å². The molecule has 1 fully saturated rings. The molecular formula is C11H22N2O2. The summed E-state index contributed by atoms with van der Waals surface area (Å²) in [5, 5.41) is 3.28. The van der Waals surface area contributed by atoms with Crippen LogP contribution in [-0.4, -0.2) is 42.3 Å². The van der Waals surface area contributed by atoms with Crippen molar-refractivity contribution in [1.82, 2.24) is 10.2 Å². The average Bonchev–Trinajstić information content (AvgIpc) is 2.26. The molecule has 4 nitrogen and oxygen atoms in total. The minimum atomic E-state index is -0.406. The van der Waals surface area contributed by atoms with Crippen molar-refractivity contribution in [3.63, 3.8) is 0 Å². The van der Waals surface area contributed by atoms with Gasteiger partial charge in [-0.15, -0.1) is 0 Å². The Kier molecular flexibility index (Phi) is 3.97. The van der Waals surface area contributed by atoms with Crippen molar-refractivity contribution in [1.29, 1.82) is 0 Å². The van der Waals surface area contributed by atoms with Crippen molar-refractivity contribution in [2.75, 3.05) is 19.6 Å². The fourth-order valence-electron chi connectivity index (χ4n) is 1.60. The van der Waals surface area contributed by atoms with Gasteiger partial charge in [0.05, 0.1) is 0 Å². The van der Waals surface area contributed by atoms with E-state index < -0.39 is 5.60 Å². The second kappa shape index (κ2) is 4.84. The van der Waals surface area contributed by atoms with Crippen LogP contribution in [-0.2, 0) is 4.74 Å². The molecule has 1 heterocycles. The molecule has 0 spiro atoms. The number of carbonyl (C=O) groups is 1. The minimum absolute atomic E-state index is 0.196. The van der Waals surface area contributed by atoms with Gasteiger partial charge in [-0.2, -0.15) is 0 Å². The molecule has 0 unspecified atom stereocenters. The predicted molar refractivity (Wildman–Crippen MR) is 59.9 cm³/mol. The van der Waals surface area contributed by atoms with Crippen LogP contribution < -0.4 is 5.32 Å². The summed E-state index contributed by atoms with van der Waals surface area (Å²) in [5.41, 5.74) is -0.406. The van der Waals surface area contributed by atoms with E-state index in [0.29, 0.717) is 0 Å². The Morgan fingerprint density at radius 2 is 2.07 bits per heavy atom. The molecule has 0 saturated carbocycles. The summed E-state index contributed by atoms with van der Waals surface area (Å²) in [6.45, 7) is 10.3. The van der Waals surface area contributed by atoms with Crippen LogP contribution >= 0.6 is 0 Å². The highest BCUT2D eigenvalue weighted by Gasteiger charge is 2.26. The summed E-state index contributed by atoms with van der Waals surface area (Å²) in [7, 11) is 0. The first-order valence-electron chi connectivity index (χ1n) is 5.60. The van der Waals surface area contributed by atoms with E-state index in [-0.39, 0.29) is 12.1 Å². The number of carbonyl (C=O) groups excluding carboxylic acids is 1. The monoisotopic (exact) mass is 214 g/mol. The standard InChI is InChI=1S/C11H22N2O2/c1-9-5-6-12-7-8-13(9)10(14)15-11(2,3)4/h9,12H,5-8H2,1-4H3/t9-/m0/s1. The maximum Gasteiger partial charge on any atom is 0.410 e. The molecule has 0 aliphatic carbocycles. The summed E-state index contributed by atoms with van der Waals surface area (Å²) in [4.78, 5) is 13.7. The molecule has 88 valence electrons. The van der Waals surface area contributed by atoms with E-state index in [1.807, 2.05) is 25.7 Å². The summed E-state index contributed by atoms with van der Waals surface area (Å²) >= 11 is 0. The molecule has 1 N–H and O–H groups in total. The Bertz CT molecular complexity index is 223. The summed E-state index contributed by atoms with van der Waals surface area (Å²) in [5.74, 6) is 0. The van der Waals surface area contributed by atoms with Gasteiger partial charge in [0.15, 0.2) is 0 Å². The van der Waals surface area contributed by atoms with Crippen LogP contribution in [0.2, 0.25) is 0 Å². The van der Waals surface area contributed by atoms with E-state index in [4.69, 9.17) is 4.74 Å². The Morgan fingerprint density at radius 3 is 2.67 bits per heavy atom. The third kappa shape index (κ3) is 4.08. The van der Waals surface area contributed by atoms with Gasteiger partial charge in [-0.25, -0.2) is 4.79 Å². The van der Waals surface area contributed by atoms with E-state index in [1.54, 1.807) is 0 Å². The molecule has 1 saturated heterocycles. The second-order valence-electron chi connectivity index (χ2n) is 5.06. The van der Waals surface area contributed by atoms with Gasteiger partial charge in [0.25, 0.3) is 0 Å². The number of hydrogen-bond donors (Lipinski definition) is 1. The lowest BCUT2D eigenvalue weighted by molar-refractivity contribution is 0.0190. The average molecular weight is 214 g/mol. The van der Waals surface area contributed by atoms with Gasteiger partial charge in [-0.1, -0.05) is 0 Å². The highest BCUT2D eigenvalue weighted by Crippen LogP contribution is 2.13. The van der Waals surface area contributed by atoms with Gasteiger partial charge in [0.2, 0.25) is 0 Å². The van der Waals surface area contributed by atoms with Gasteiger partial charge < -0.3 is 15.0 Å². The summed E-state index contributed by atoms with van der Waals surface area (Å²) in [6, 6.07) is 0.259. The van der Waals surface area contributed by atoms with Crippen molar-refractivity contribution in [2.45, 2.75) is 45.8 Å². The lowest BCUT2D eigenvalue weighted by atomic mass is 10.2. The van der Waals surface area contributed by atoms with Crippen LogP contribution in [0.3, 0.4) is 0 Å². The van der Waals surface area contributed by atoms with Gasteiger partial charge in [-0.3, -0.25) is 0 Å². The number of nitrogens with zero attached hydrogens (tertiary/aromatic N) is 1. The van der Waals surface area contributed by atoms with Crippen molar-refractivity contribution < 1.29 is 9.53 Å². The van der Waals surface area contributed by atoms with Gasteiger partial charge in [0.1, 0.15) is 5.60 Å². The number of nitrogens with one attached hydrogen (secondary N) is 1. The van der Waals surface area contributed by atoms with Crippen molar-refractivity contribution in [2.24, 2.45) is 0 Å². The highest BCUT2D eigenvalue weighted by atomic mass is 16.6. The second-order valence-corrected chi connectivity index (χ2v) is 5.06. The van der Waals surface area contributed by atoms with Crippen LogP contribution in [0.5, 0.6) is 0 Å². The van der Waals surface area contributed by atoms with Gasteiger partial charge in [-0.05, 0) is 40.7 Å². The van der Waals surface area contributed by atoms with E-state index in [2.05, 4.69) is 12.2 Å². The lowest BCUT2D eigenvalue weighted by Crippen LogP contribution is -2.42. The topological polar surface area (TPSA) is 41.6 Å². The van der Waals surface area contributed by atoms with E-state index >= 15 is 0 Å². The van der Waals surface area contributed by atoms with Crippen LogP contribution in [0, 0.1) is 0 Å². The first-order chi connectivity index (χ1) is 6.90. The molecule has 1 aliphatic rings. The Labute approximate surface area is 92.0 Å². The molecular weight excluding hydrogens is 192 g/mol. The third-order valence-corrected chi connectivity index (χ3v) is 2.43. The predicted octanol–water partition coefficient (Wildman–Crippen LogP) is 1.61. The number of hydrogen-bond acceptors (Lipinski definition) is 3. The SMILES string of the molecule is C[C@H]1CCNCCN1C(=O)OC(C)(C)C. The first-order valence-corrected chi connectivity index (χ1v) is 5.60. The molecule has 0 bridgehead atoms. The quantitative estimate of drug-likeness (QED) is 0.666. The van der Waals surface area contributed by atoms with Gasteiger partial charge in [0, 0.05) is 19.1 Å². The fourth-order valence-corrected chi connectivity index (χ4v) is 1.60. The van der Waals surface area contributed by atoms with Gasteiger partial charge >= 0.3 is 6.09 Å². The lowest BCUT2D eigenvalue weighted by Gasteiger charge is -2.30. The molecule has 0 aromatic carbocycles. The van der Waals surface area contributed by atoms with Crippen molar-refractivity contribution in [3.05, 3.63) is 0 Å². The largest absolute Gasteiger partial charge is 0.444 e. The maximum atomic E-state index is 11.9. The van der Waals surface area contributed by atoms with Crippen LogP contribution in [0.15, 0.2) is 0 Å². The normalized spacial score (nSPS) is 23.5. The summed E-state index contributed by atoms with van der Waals surface area (Å²) < 4.78 is 5.36. The third-order valence-electron chi connectivity index (χ3n) is 2.43. The number of rotatable bonds is 0. The van der Waals surface area contributed by atoms with E-state index in [0.717, 1.165) is 26.1 Å². The molecule has 1 amide bonds. The molecule has 15 heavy (non-hydrogen) atoms. The smallest absolute Gasteiger partial charge is 0.410 e. The molecule has 1 rings (SSSR count). The van der Waals surface area contributed by atoms with Crippen molar-refractivity contribution >= 4 is 6.09 Å². The number of amides is 1. The molecule has 1 atom stereocenters. The Balaban J connectivity index is 2.56. The van der Waals surface area contributed by atoms with Crippen LogP contribution in [0.4, 0.5) is 4.79 Å². The molecule has 0 radical (unpaired) electrons. The Hall–Kier alpha value is -0.770. The molecule has 1 aliphatic heterocycles. The Morgan fingerprint density at radius 1 is 1.40 bits per heavy atom. The van der Waals surface area contributed by atoms with E-state index in [9.17, 15) is 4.79 Å². The fraction of sp³-hybridized carbons (Fsp3) is 0.909. The maximum absolute atomic E-state index is 11.9. The van der Waals surface area contributed by atoms with E-state index in [1.165, 1.54) is 0 Å². The number of ether oxygens (including phenoxy) is 1. The first kappa shape index (κ1) is 12.3. The zero-order chi connectivity index (χ0) is 11.5. The summed E-state index contributed by atoms with van der Waals surface area (Å²) in [6.07, 6.45) is 0.790. The molecule has 4 heteroatoms. The van der Waals surface area contributed by atoms with Crippen LogP contribution in [0.25, 0.3) is 0 Å². The molecule has 0 aromatic rings. The molecule has 0 aromatic heterocycles. The minimum Gasteiger partial charge on any atom is -0.444 e.